The van der Waals surface area contributed by atoms with Gasteiger partial charge in [-0.15, -0.1) is 11.3 Å². The van der Waals surface area contributed by atoms with Gasteiger partial charge in [0, 0.05) is 18.6 Å². The molecule has 0 spiro atoms. The Morgan fingerprint density at radius 3 is 2.86 bits per heavy atom. The van der Waals surface area contributed by atoms with Crippen molar-refractivity contribution in [3.05, 3.63) is 29.1 Å². The average Bonchev–Trinajstić information content (AvgIpc) is 3.05. The molecule has 108 valence electrons. The number of H-pyrrole nitrogens is 1. The van der Waals surface area contributed by atoms with Gasteiger partial charge < -0.3 is 14.5 Å². The predicted molar refractivity (Wildman–Crippen MR) is 84.4 cm³/mol. The Hall–Kier alpha value is -2.01. The molecular formula is C16H16N2O2S. The molecule has 0 fully saturated rings. The van der Waals surface area contributed by atoms with Crippen molar-refractivity contribution in [1.82, 2.24) is 9.97 Å². The van der Waals surface area contributed by atoms with Crippen LogP contribution in [-0.2, 0) is 6.42 Å². The van der Waals surface area contributed by atoms with Gasteiger partial charge in [-0.3, -0.25) is 0 Å². The van der Waals surface area contributed by atoms with E-state index in [-0.39, 0.29) is 0 Å². The summed E-state index contributed by atoms with van der Waals surface area (Å²) in [7, 11) is 0. The summed E-state index contributed by atoms with van der Waals surface area (Å²) in [5.41, 5.74) is 3.24. The third-order valence-corrected chi connectivity index (χ3v) is 4.66. The van der Waals surface area contributed by atoms with Crippen molar-refractivity contribution < 1.29 is 9.47 Å². The minimum absolute atomic E-state index is 0.695. The molecule has 21 heavy (non-hydrogen) atoms. The van der Waals surface area contributed by atoms with Gasteiger partial charge in [-0.05, 0) is 23.4 Å². The Morgan fingerprint density at radius 2 is 2.05 bits per heavy atom. The molecule has 4 nitrogen and oxygen atoms in total. The van der Waals surface area contributed by atoms with Gasteiger partial charge in [0.1, 0.15) is 5.82 Å². The van der Waals surface area contributed by atoms with Crippen LogP contribution in [0.25, 0.3) is 21.7 Å². The molecule has 0 amide bonds. The molecule has 3 aromatic rings. The Kier molecular flexibility index (Phi) is 3.07. The summed E-state index contributed by atoms with van der Waals surface area (Å²) in [6, 6.07) is 6.12. The molecule has 3 heterocycles. The maximum absolute atomic E-state index is 5.73. The first-order valence-electron chi connectivity index (χ1n) is 7.21. The van der Waals surface area contributed by atoms with E-state index >= 15 is 0 Å². The summed E-state index contributed by atoms with van der Waals surface area (Å²) >= 11 is 1.72. The van der Waals surface area contributed by atoms with E-state index in [4.69, 9.17) is 14.5 Å². The van der Waals surface area contributed by atoms with Crippen LogP contribution in [0.1, 0.15) is 18.9 Å². The van der Waals surface area contributed by atoms with Gasteiger partial charge in [-0.25, -0.2) is 4.98 Å². The summed E-state index contributed by atoms with van der Waals surface area (Å²) in [4.78, 5) is 9.34. The van der Waals surface area contributed by atoms with Crippen LogP contribution in [0.2, 0.25) is 0 Å². The highest BCUT2D eigenvalue weighted by molar-refractivity contribution is 7.13. The van der Waals surface area contributed by atoms with Crippen LogP contribution in [0.3, 0.4) is 0 Å². The zero-order valence-corrected chi connectivity index (χ0v) is 12.6. The Balaban J connectivity index is 1.83. The van der Waals surface area contributed by atoms with Crippen molar-refractivity contribution in [1.29, 1.82) is 0 Å². The molecule has 0 radical (unpaired) electrons. The summed E-state index contributed by atoms with van der Waals surface area (Å²) in [6.07, 6.45) is 1.93. The topological polar surface area (TPSA) is 47.1 Å². The van der Waals surface area contributed by atoms with Crippen LogP contribution in [0.15, 0.2) is 23.6 Å². The zero-order valence-electron chi connectivity index (χ0n) is 11.8. The summed E-state index contributed by atoms with van der Waals surface area (Å²) in [5, 5.41) is 2.11. The molecule has 4 rings (SSSR count). The molecule has 1 aliphatic rings. The quantitative estimate of drug-likeness (QED) is 0.777. The SMILES string of the molecule is CCc1ccsc1-c1nc2cc3c(cc2[nH]1)OCCCO3. The van der Waals surface area contributed by atoms with Gasteiger partial charge in [0.15, 0.2) is 11.5 Å². The Morgan fingerprint density at radius 1 is 1.24 bits per heavy atom. The number of nitrogens with one attached hydrogen (secondary N) is 1. The van der Waals surface area contributed by atoms with Crippen molar-refractivity contribution in [3.63, 3.8) is 0 Å². The fraction of sp³-hybridized carbons (Fsp3) is 0.312. The fourth-order valence-corrected chi connectivity index (χ4v) is 3.54. The molecule has 0 saturated heterocycles. The second-order valence-corrected chi connectivity index (χ2v) is 6.00. The third kappa shape index (κ3) is 2.17. The second-order valence-electron chi connectivity index (χ2n) is 5.08. The predicted octanol–water partition coefficient (Wildman–Crippen LogP) is 4.02. The molecule has 0 unspecified atom stereocenters. The number of aromatic amines is 1. The molecule has 1 N–H and O–H groups in total. The highest BCUT2D eigenvalue weighted by Crippen LogP contribution is 2.36. The van der Waals surface area contributed by atoms with Gasteiger partial charge in [0.05, 0.1) is 29.1 Å². The maximum Gasteiger partial charge on any atom is 0.163 e. The zero-order chi connectivity index (χ0) is 14.2. The first-order chi connectivity index (χ1) is 10.3. The largest absolute Gasteiger partial charge is 0.489 e. The highest BCUT2D eigenvalue weighted by Gasteiger charge is 2.16. The summed E-state index contributed by atoms with van der Waals surface area (Å²) in [6.45, 7) is 3.56. The number of aryl methyl sites for hydroxylation is 1. The Bertz CT molecular complexity index is 748. The number of ether oxygens (including phenoxy) is 2. The number of rotatable bonds is 2. The molecule has 0 saturated carbocycles. The maximum atomic E-state index is 5.73. The Labute approximate surface area is 126 Å². The van der Waals surface area contributed by atoms with E-state index < -0.39 is 0 Å². The van der Waals surface area contributed by atoms with Gasteiger partial charge in [-0.2, -0.15) is 0 Å². The number of thiophene rings is 1. The van der Waals surface area contributed by atoms with Gasteiger partial charge in [0.2, 0.25) is 0 Å². The number of imidazole rings is 1. The standard InChI is InChI=1S/C16H16N2O2S/c1-2-10-4-7-21-15(10)16-17-11-8-13-14(9-12(11)18-16)20-6-3-5-19-13/h4,7-9H,2-3,5-6H2,1H3,(H,17,18). The summed E-state index contributed by atoms with van der Waals surface area (Å²) < 4.78 is 11.5. The first kappa shape index (κ1) is 12.7. The average molecular weight is 300 g/mol. The first-order valence-corrected chi connectivity index (χ1v) is 8.09. The minimum atomic E-state index is 0.695. The molecule has 5 heteroatoms. The number of hydrogen-bond donors (Lipinski definition) is 1. The van der Waals surface area contributed by atoms with Crippen LogP contribution < -0.4 is 9.47 Å². The van der Waals surface area contributed by atoms with E-state index in [0.29, 0.717) is 13.2 Å². The molecular weight excluding hydrogens is 284 g/mol. The van der Waals surface area contributed by atoms with E-state index in [1.807, 2.05) is 12.1 Å². The van der Waals surface area contributed by atoms with E-state index in [1.54, 1.807) is 11.3 Å². The minimum Gasteiger partial charge on any atom is -0.489 e. The van der Waals surface area contributed by atoms with E-state index in [9.17, 15) is 0 Å². The van der Waals surface area contributed by atoms with Crippen molar-refractivity contribution in [2.24, 2.45) is 0 Å². The van der Waals surface area contributed by atoms with Crippen LogP contribution in [0.4, 0.5) is 0 Å². The number of fused-ring (bicyclic) bond motifs is 2. The lowest BCUT2D eigenvalue weighted by Gasteiger charge is -2.05. The number of hydrogen-bond acceptors (Lipinski definition) is 4. The van der Waals surface area contributed by atoms with Crippen LogP contribution in [0, 0.1) is 0 Å². The van der Waals surface area contributed by atoms with E-state index in [1.165, 1.54) is 10.4 Å². The third-order valence-electron chi connectivity index (χ3n) is 3.69. The highest BCUT2D eigenvalue weighted by atomic mass is 32.1. The second kappa shape index (κ2) is 5.07. The molecule has 0 aliphatic carbocycles. The van der Waals surface area contributed by atoms with Crippen molar-refractivity contribution in [2.45, 2.75) is 19.8 Å². The van der Waals surface area contributed by atoms with Crippen molar-refractivity contribution in [3.8, 4) is 22.2 Å². The number of nitrogens with zero attached hydrogens (tertiary/aromatic N) is 1. The van der Waals surface area contributed by atoms with Crippen LogP contribution in [0.5, 0.6) is 11.5 Å². The van der Waals surface area contributed by atoms with Gasteiger partial charge >= 0.3 is 0 Å². The smallest absolute Gasteiger partial charge is 0.163 e. The van der Waals surface area contributed by atoms with Crippen LogP contribution in [-0.4, -0.2) is 23.2 Å². The van der Waals surface area contributed by atoms with E-state index in [2.05, 4.69) is 23.4 Å². The van der Waals surface area contributed by atoms with Crippen molar-refractivity contribution >= 4 is 22.4 Å². The summed E-state index contributed by atoms with van der Waals surface area (Å²) in [5.74, 6) is 2.52. The molecule has 0 atom stereocenters. The van der Waals surface area contributed by atoms with E-state index in [0.717, 1.165) is 41.2 Å². The lowest BCUT2D eigenvalue weighted by Crippen LogP contribution is -1.97. The number of benzene rings is 1. The van der Waals surface area contributed by atoms with Gasteiger partial charge in [0.25, 0.3) is 0 Å². The normalized spacial score (nSPS) is 14.3. The molecule has 0 bridgehead atoms. The molecule has 2 aromatic heterocycles. The lowest BCUT2D eigenvalue weighted by molar-refractivity contribution is 0.297. The fourth-order valence-electron chi connectivity index (χ4n) is 2.60. The van der Waals surface area contributed by atoms with Crippen molar-refractivity contribution in [2.75, 3.05) is 13.2 Å². The molecule has 1 aliphatic heterocycles. The molecule has 1 aromatic carbocycles. The lowest BCUT2D eigenvalue weighted by atomic mass is 10.2. The number of aromatic nitrogens is 2. The van der Waals surface area contributed by atoms with Crippen LogP contribution >= 0.6 is 11.3 Å². The monoisotopic (exact) mass is 300 g/mol. The van der Waals surface area contributed by atoms with Gasteiger partial charge in [-0.1, -0.05) is 6.92 Å².